The van der Waals surface area contributed by atoms with Gasteiger partial charge in [-0.3, -0.25) is 0 Å². The number of phenols is 2. The highest BCUT2D eigenvalue weighted by Crippen LogP contribution is 2.48. The molecular weight excluding hydrogens is 821 g/mol. The molecule has 0 aliphatic carbocycles. The molecule has 6 aromatic rings. The Morgan fingerprint density at radius 2 is 0.701 bits per heavy atom. The van der Waals surface area contributed by atoms with Crippen LogP contribution in [0.5, 0.6) is 23.0 Å². The highest BCUT2D eigenvalue weighted by atomic mass is 16.5. The van der Waals surface area contributed by atoms with Crippen LogP contribution in [0.3, 0.4) is 0 Å². The van der Waals surface area contributed by atoms with Crippen LogP contribution in [0, 0.1) is 0 Å². The summed E-state index contributed by atoms with van der Waals surface area (Å²) in [4.78, 5) is 0. The number of hydrogen-bond acceptors (Lipinski definition) is 4. The summed E-state index contributed by atoms with van der Waals surface area (Å²) >= 11 is 0. The molecule has 0 bridgehead atoms. The molecular formula is C63H80O4. The lowest BCUT2D eigenvalue weighted by molar-refractivity contribution is 0.249. The van der Waals surface area contributed by atoms with E-state index in [1.54, 1.807) is 6.07 Å². The van der Waals surface area contributed by atoms with Gasteiger partial charge in [0.25, 0.3) is 0 Å². The van der Waals surface area contributed by atoms with Crippen molar-refractivity contribution in [1.29, 1.82) is 0 Å². The van der Waals surface area contributed by atoms with Gasteiger partial charge in [-0.05, 0) is 113 Å². The molecule has 6 rings (SSSR count). The van der Waals surface area contributed by atoms with Gasteiger partial charge in [0, 0.05) is 39.8 Å². The maximum atomic E-state index is 12.4. The van der Waals surface area contributed by atoms with Gasteiger partial charge < -0.3 is 19.7 Å². The number of ether oxygens (including phenoxy) is 2. The van der Waals surface area contributed by atoms with E-state index in [1.165, 1.54) is 22.3 Å². The molecule has 2 N–H and O–H groups in total. The lowest BCUT2D eigenvalue weighted by atomic mass is 9.77. The van der Waals surface area contributed by atoms with Crippen LogP contribution in [0.15, 0.2) is 109 Å². The van der Waals surface area contributed by atoms with E-state index >= 15 is 0 Å². The zero-order valence-electron chi connectivity index (χ0n) is 44.2. The molecule has 4 nitrogen and oxygen atoms in total. The Hall–Kier alpha value is -5.48. The standard InChI is InChI=1S/C63H80O4/c1-58(2,3)42-30-40(31-43(34-42)59(4,5)6)50-36-46(62(13,14)15)38-52(56(50)65)49-25-20-22-27-55(49)66-28-23-29-67-57-51(41-32-44(60(7,8)9)35-45(33-41)61(10,11)12)37-47(63(16,17)18)39-53(57)48-24-19-21-26-54(48)64/h19-22,24-27,30-39,64-65H,23,28-29H2,1-18H3. The SMILES string of the molecule is CC(C)(C)c1cc(-c2cc(C(C)(C)C)cc(-c3ccccc3OCCCOc3c(-c4cc(C(C)(C)C)cc(C(C)(C)C)c4)cc(C(C)(C)C)cc3-c3ccccc3O)c2O)cc(C(C)(C)C)c1. The van der Waals surface area contributed by atoms with Crippen LogP contribution in [0.2, 0.25) is 0 Å². The van der Waals surface area contributed by atoms with Gasteiger partial charge in [0.05, 0.1) is 13.2 Å². The van der Waals surface area contributed by atoms with E-state index in [4.69, 9.17) is 9.47 Å². The second-order valence-corrected chi connectivity index (χ2v) is 25.0. The molecule has 0 amide bonds. The summed E-state index contributed by atoms with van der Waals surface area (Å²) in [5, 5.41) is 23.8. The van der Waals surface area contributed by atoms with Gasteiger partial charge in [-0.15, -0.1) is 0 Å². The fraction of sp³-hybridized carbons (Fsp3) is 0.429. The van der Waals surface area contributed by atoms with Gasteiger partial charge in [0.2, 0.25) is 0 Å². The smallest absolute Gasteiger partial charge is 0.135 e. The third-order valence-electron chi connectivity index (χ3n) is 13.0. The van der Waals surface area contributed by atoms with Gasteiger partial charge in [-0.1, -0.05) is 197 Å². The molecule has 6 aromatic carbocycles. The van der Waals surface area contributed by atoms with Crippen molar-refractivity contribution in [2.45, 2.75) is 164 Å². The third kappa shape index (κ3) is 11.8. The van der Waals surface area contributed by atoms with Gasteiger partial charge in [-0.2, -0.15) is 0 Å². The van der Waals surface area contributed by atoms with Crippen LogP contribution < -0.4 is 9.47 Å². The first-order chi connectivity index (χ1) is 30.8. The van der Waals surface area contributed by atoms with E-state index in [9.17, 15) is 10.2 Å². The molecule has 0 saturated heterocycles. The normalized spacial score (nSPS) is 12.9. The Kier molecular flexibility index (Phi) is 14.1. The quantitative estimate of drug-likeness (QED) is 0.135. The maximum Gasteiger partial charge on any atom is 0.135 e. The van der Waals surface area contributed by atoms with Crippen LogP contribution in [0.1, 0.15) is 164 Å². The minimum absolute atomic E-state index is 0.0737. The number of phenolic OH excluding ortho intramolecular Hbond substituents is 2. The van der Waals surface area contributed by atoms with Crippen molar-refractivity contribution in [2.24, 2.45) is 0 Å². The third-order valence-corrected chi connectivity index (χ3v) is 13.0. The zero-order valence-corrected chi connectivity index (χ0v) is 44.2. The van der Waals surface area contributed by atoms with Crippen molar-refractivity contribution in [3.8, 4) is 67.5 Å². The fourth-order valence-electron chi connectivity index (χ4n) is 8.35. The molecule has 0 unspecified atom stereocenters. The Morgan fingerprint density at radius 3 is 1.16 bits per heavy atom. The Bertz CT molecular complexity index is 2660. The van der Waals surface area contributed by atoms with Crippen molar-refractivity contribution >= 4 is 0 Å². The van der Waals surface area contributed by atoms with Gasteiger partial charge in [0.1, 0.15) is 23.0 Å². The predicted octanol–water partition coefficient (Wildman–Crippen LogP) is 17.4. The van der Waals surface area contributed by atoms with E-state index in [0.29, 0.717) is 25.4 Å². The Labute approximate surface area is 404 Å². The van der Waals surface area contributed by atoms with Gasteiger partial charge >= 0.3 is 0 Å². The molecule has 4 heteroatoms. The highest BCUT2D eigenvalue weighted by molar-refractivity contribution is 5.87. The lowest BCUT2D eigenvalue weighted by Gasteiger charge is -2.28. The fourth-order valence-corrected chi connectivity index (χ4v) is 8.35. The van der Waals surface area contributed by atoms with Gasteiger partial charge in [-0.25, -0.2) is 0 Å². The van der Waals surface area contributed by atoms with Crippen LogP contribution in [0.4, 0.5) is 0 Å². The van der Waals surface area contributed by atoms with Crippen molar-refractivity contribution in [3.05, 3.63) is 143 Å². The molecule has 0 aliphatic heterocycles. The van der Waals surface area contributed by atoms with E-state index in [1.807, 2.05) is 42.5 Å². The van der Waals surface area contributed by atoms with Crippen LogP contribution in [-0.2, 0) is 32.5 Å². The molecule has 0 heterocycles. The maximum absolute atomic E-state index is 12.4. The Morgan fingerprint density at radius 1 is 0.343 bits per heavy atom. The van der Waals surface area contributed by atoms with E-state index in [-0.39, 0.29) is 44.0 Å². The first kappa shape index (κ1) is 50.9. The van der Waals surface area contributed by atoms with Crippen molar-refractivity contribution in [2.75, 3.05) is 13.2 Å². The monoisotopic (exact) mass is 901 g/mol. The van der Waals surface area contributed by atoms with Gasteiger partial charge in [0.15, 0.2) is 0 Å². The molecule has 0 atom stereocenters. The van der Waals surface area contributed by atoms with E-state index in [0.717, 1.165) is 61.4 Å². The minimum atomic E-state index is -0.180. The molecule has 0 aliphatic rings. The summed E-state index contributed by atoms with van der Waals surface area (Å²) in [5.41, 5.74) is 13.7. The second-order valence-electron chi connectivity index (χ2n) is 25.0. The lowest BCUT2D eigenvalue weighted by Crippen LogP contribution is -2.17. The van der Waals surface area contributed by atoms with Crippen LogP contribution in [0.25, 0.3) is 44.5 Å². The average Bonchev–Trinajstić information content (AvgIpc) is 3.21. The largest absolute Gasteiger partial charge is 0.507 e. The molecule has 0 spiro atoms. The van der Waals surface area contributed by atoms with Crippen LogP contribution >= 0.6 is 0 Å². The molecule has 67 heavy (non-hydrogen) atoms. The van der Waals surface area contributed by atoms with E-state index < -0.39 is 0 Å². The predicted molar refractivity (Wildman–Crippen MR) is 286 cm³/mol. The summed E-state index contributed by atoms with van der Waals surface area (Å²) in [6.07, 6.45) is 0.596. The molecule has 0 aromatic heterocycles. The first-order valence-corrected chi connectivity index (χ1v) is 24.4. The van der Waals surface area contributed by atoms with Crippen molar-refractivity contribution in [3.63, 3.8) is 0 Å². The average molecular weight is 901 g/mol. The summed E-state index contributed by atoms with van der Waals surface area (Å²) in [7, 11) is 0. The number of hydrogen-bond donors (Lipinski definition) is 2. The number of rotatable bonds is 10. The molecule has 356 valence electrons. The second kappa shape index (κ2) is 18.5. The van der Waals surface area contributed by atoms with Crippen molar-refractivity contribution < 1.29 is 19.7 Å². The zero-order chi connectivity index (χ0) is 49.7. The summed E-state index contributed by atoms with van der Waals surface area (Å²) < 4.78 is 13.6. The summed E-state index contributed by atoms with van der Waals surface area (Å²) in [5.74, 6) is 1.89. The minimum Gasteiger partial charge on any atom is -0.507 e. The Balaban J connectivity index is 1.40. The molecule has 0 fully saturated rings. The summed E-state index contributed by atoms with van der Waals surface area (Å²) in [6.45, 7) is 41.2. The highest BCUT2D eigenvalue weighted by Gasteiger charge is 2.28. The molecule has 0 saturated carbocycles. The number of para-hydroxylation sites is 2. The topological polar surface area (TPSA) is 58.9 Å². The first-order valence-electron chi connectivity index (χ1n) is 24.4. The van der Waals surface area contributed by atoms with Crippen LogP contribution in [-0.4, -0.2) is 23.4 Å². The van der Waals surface area contributed by atoms with E-state index in [2.05, 4.69) is 185 Å². The number of benzene rings is 6. The van der Waals surface area contributed by atoms with Crippen molar-refractivity contribution in [1.82, 2.24) is 0 Å². The summed E-state index contributed by atoms with van der Waals surface area (Å²) in [6, 6.07) is 38.2. The molecule has 0 radical (unpaired) electrons. The number of aromatic hydroxyl groups is 2.